The number of aromatic amines is 2. The van der Waals surface area contributed by atoms with E-state index in [9.17, 15) is 0 Å². The molecule has 0 bridgehead atoms. The van der Waals surface area contributed by atoms with Crippen LogP contribution in [0.1, 0.15) is 24.3 Å². The van der Waals surface area contributed by atoms with E-state index in [0.717, 1.165) is 41.0 Å². The minimum atomic E-state index is 0.623. The molecule has 144 valence electrons. The van der Waals surface area contributed by atoms with Gasteiger partial charge in [0.1, 0.15) is 11.3 Å². The highest BCUT2D eigenvalue weighted by atomic mass is 32.1. The van der Waals surface area contributed by atoms with Crippen molar-refractivity contribution in [1.29, 1.82) is 0 Å². The van der Waals surface area contributed by atoms with Gasteiger partial charge in [0.05, 0.1) is 11.2 Å². The van der Waals surface area contributed by atoms with Crippen molar-refractivity contribution >= 4 is 33.3 Å². The molecule has 4 aromatic heterocycles. The molecule has 5 nitrogen and oxygen atoms in total. The zero-order valence-corrected chi connectivity index (χ0v) is 16.7. The fourth-order valence-electron chi connectivity index (χ4n) is 4.47. The second-order valence-electron chi connectivity index (χ2n) is 7.72. The van der Waals surface area contributed by atoms with E-state index in [1.807, 2.05) is 6.20 Å². The second-order valence-corrected chi connectivity index (χ2v) is 8.50. The predicted molar refractivity (Wildman–Crippen MR) is 119 cm³/mol. The number of nitrogens with zero attached hydrogens (tertiary/aromatic N) is 2. The van der Waals surface area contributed by atoms with Crippen LogP contribution in [0.15, 0.2) is 53.4 Å². The Kier molecular flexibility index (Phi) is 3.99. The standard InChI is InChI=1S/C23H21N5S/c1-2-20-19(11-15(1)14-3-7-24-8-4-14)22(28-27-20)21-12-18-17(16-6-10-29-13-16)5-9-25-23(18)26-21/h1-2,5-6,9-14,24H,3-4,7-8H2,(H,25,26)(H,27,28). The molecule has 0 radical (unpaired) electrons. The Hall–Kier alpha value is -2.96. The van der Waals surface area contributed by atoms with E-state index in [0.29, 0.717) is 5.92 Å². The summed E-state index contributed by atoms with van der Waals surface area (Å²) >= 11 is 1.71. The van der Waals surface area contributed by atoms with Crippen molar-refractivity contribution < 1.29 is 0 Å². The molecule has 0 aliphatic carbocycles. The molecule has 0 saturated carbocycles. The van der Waals surface area contributed by atoms with Crippen LogP contribution in [0, 0.1) is 0 Å². The Morgan fingerprint density at radius 3 is 2.79 bits per heavy atom. The summed E-state index contributed by atoms with van der Waals surface area (Å²) in [6.45, 7) is 2.19. The zero-order valence-electron chi connectivity index (χ0n) is 15.9. The molecule has 0 atom stereocenters. The Bertz CT molecular complexity index is 1290. The molecule has 3 N–H and O–H groups in total. The number of piperidine rings is 1. The zero-order chi connectivity index (χ0) is 19.2. The van der Waals surface area contributed by atoms with Gasteiger partial charge in [0, 0.05) is 17.0 Å². The largest absolute Gasteiger partial charge is 0.338 e. The van der Waals surface area contributed by atoms with Gasteiger partial charge in [-0.2, -0.15) is 16.4 Å². The first-order valence-corrected chi connectivity index (χ1v) is 11.0. The topological polar surface area (TPSA) is 69.4 Å². The number of aromatic nitrogens is 4. The molecule has 29 heavy (non-hydrogen) atoms. The monoisotopic (exact) mass is 399 g/mol. The van der Waals surface area contributed by atoms with Crippen LogP contribution in [-0.4, -0.2) is 33.3 Å². The molecule has 6 rings (SSSR count). The van der Waals surface area contributed by atoms with Gasteiger partial charge in [-0.1, -0.05) is 6.07 Å². The lowest BCUT2D eigenvalue weighted by atomic mass is 9.89. The first kappa shape index (κ1) is 16.9. The third kappa shape index (κ3) is 2.87. The number of thiophene rings is 1. The Balaban J connectivity index is 1.48. The molecule has 5 aromatic rings. The van der Waals surface area contributed by atoms with E-state index in [1.54, 1.807) is 11.3 Å². The van der Waals surface area contributed by atoms with Crippen LogP contribution in [0.3, 0.4) is 0 Å². The maximum absolute atomic E-state index is 4.65. The summed E-state index contributed by atoms with van der Waals surface area (Å²) in [5.74, 6) is 0.623. The highest BCUT2D eigenvalue weighted by molar-refractivity contribution is 7.08. The lowest BCUT2D eigenvalue weighted by Crippen LogP contribution is -2.26. The Labute approximate surface area is 172 Å². The van der Waals surface area contributed by atoms with Crippen molar-refractivity contribution in [3.05, 3.63) is 58.9 Å². The van der Waals surface area contributed by atoms with E-state index in [-0.39, 0.29) is 0 Å². The van der Waals surface area contributed by atoms with Gasteiger partial charge in [0.15, 0.2) is 0 Å². The SMILES string of the molecule is c1cc(-c2ccsc2)c2cc(-c3n[nH]c4ccc(C5CCNCC5)cc34)[nH]c2n1. The molecule has 1 saturated heterocycles. The average Bonchev–Trinajstić information content (AvgIpc) is 3.52. The van der Waals surface area contributed by atoms with Crippen LogP contribution >= 0.6 is 11.3 Å². The number of H-pyrrole nitrogens is 2. The molecule has 5 heterocycles. The maximum atomic E-state index is 4.65. The number of hydrogen-bond donors (Lipinski definition) is 3. The molecule has 0 unspecified atom stereocenters. The molecule has 1 aromatic carbocycles. The van der Waals surface area contributed by atoms with Crippen LogP contribution in [-0.2, 0) is 0 Å². The van der Waals surface area contributed by atoms with Gasteiger partial charge in [-0.25, -0.2) is 4.98 Å². The number of hydrogen-bond acceptors (Lipinski definition) is 4. The minimum absolute atomic E-state index is 0.623. The van der Waals surface area contributed by atoms with Gasteiger partial charge < -0.3 is 10.3 Å². The van der Waals surface area contributed by atoms with Crippen molar-refractivity contribution in [3.8, 4) is 22.5 Å². The van der Waals surface area contributed by atoms with Crippen molar-refractivity contribution in [2.45, 2.75) is 18.8 Å². The number of nitrogens with one attached hydrogen (secondary N) is 3. The number of pyridine rings is 1. The minimum Gasteiger partial charge on any atom is -0.338 e. The molecule has 6 heteroatoms. The third-order valence-electron chi connectivity index (χ3n) is 6.02. The summed E-state index contributed by atoms with van der Waals surface area (Å²) in [5.41, 5.74) is 7.78. The molecular weight excluding hydrogens is 378 g/mol. The summed E-state index contributed by atoms with van der Waals surface area (Å²) in [6, 6.07) is 13.2. The molecule has 0 amide bonds. The molecule has 1 aliphatic heterocycles. The lowest BCUT2D eigenvalue weighted by molar-refractivity contribution is 0.460. The summed E-state index contributed by atoms with van der Waals surface area (Å²) in [5, 5.41) is 17.9. The highest BCUT2D eigenvalue weighted by Crippen LogP contribution is 2.35. The van der Waals surface area contributed by atoms with Crippen LogP contribution < -0.4 is 5.32 Å². The van der Waals surface area contributed by atoms with Crippen molar-refractivity contribution in [1.82, 2.24) is 25.5 Å². The molecular formula is C23H21N5S. The Morgan fingerprint density at radius 1 is 1.00 bits per heavy atom. The number of rotatable bonds is 3. The van der Waals surface area contributed by atoms with Crippen molar-refractivity contribution in [2.75, 3.05) is 13.1 Å². The quantitative estimate of drug-likeness (QED) is 0.385. The number of benzene rings is 1. The van der Waals surface area contributed by atoms with Gasteiger partial charge in [-0.15, -0.1) is 0 Å². The first-order chi connectivity index (χ1) is 14.4. The van der Waals surface area contributed by atoms with Crippen LogP contribution in [0.25, 0.3) is 44.5 Å². The predicted octanol–water partition coefficient (Wildman–Crippen LogP) is 5.30. The van der Waals surface area contributed by atoms with Gasteiger partial charge in [0.2, 0.25) is 0 Å². The fraction of sp³-hybridized carbons (Fsp3) is 0.217. The normalized spacial score (nSPS) is 15.4. The van der Waals surface area contributed by atoms with Crippen molar-refractivity contribution in [3.63, 3.8) is 0 Å². The maximum Gasteiger partial charge on any atom is 0.138 e. The summed E-state index contributed by atoms with van der Waals surface area (Å²) < 4.78 is 0. The van der Waals surface area contributed by atoms with Crippen LogP contribution in [0.5, 0.6) is 0 Å². The van der Waals surface area contributed by atoms with Gasteiger partial charge >= 0.3 is 0 Å². The van der Waals surface area contributed by atoms with E-state index in [2.05, 4.69) is 72.6 Å². The molecule has 1 aliphatic rings. The van der Waals surface area contributed by atoms with Gasteiger partial charge in [0.25, 0.3) is 0 Å². The van der Waals surface area contributed by atoms with E-state index in [1.165, 1.54) is 34.9 Å². The summed E-state index contributed by atoms with van der Waals surface area (Å²) in [7, 11) is 0. The van der Waals surface area contributed by atoms with Crippen LogP contribution in [0.4, 0.5) is 0 Å². The van der Waals surface area contributed by atoms with Crippen molar-refractivity contribution in [2.24, 2.45) is 0 Å². The highest BCUT2D eigenvalue weighted by Gasteiger charge is 2.18. The van der Waals surface area contributed by atoms with Crippen LogP contribution in [0.2, 0.25) is 0 Å². The van der Waals surface area contributed by atoms with E-state index < -0.39 is 0 Å². The Morgan fingerprint density at radius 2 is 1.93 bits per heavy atom. The second kappa shape index (κ2) is 6.83. The van der Waals surface area contributed by atoms with Gasteiger partial charge in [-0.3, -0.25) is 5.10 Å². The number of fused-ring (bicyclic) bond motifs is 2. The summed E-state index contributed by atoms with van der Waals surface area (Å²) in [6.07, 6.45) is 4.26. The van der Waals surface area contributed by atoms with Gasteiger partial charge in [-0.05, 0) is 89.6 Å². The third-order valence-corrected chi connectivity index (χ3v) is 6.70. The smallest absolute Gasteiger partial charge is 0.138 e. The molecule has 1 fully saturated rings. The van der Waals surface area contributed by atoms with E-state index >= 15 is 0 Å². The summed E-state index contributed by atoms with van der Waals surface area (Å²) in [4.78, 5) is 8.05. The first-order valence-electron chi connectivity index (χ1n) is 10.1. The average molecular weight is 400 g/mol. The molecule has 0 spiro atoms. The lowest BCUT2D eigenvalue weighted by Gasteiger charge is -2.23. The fourth-order valence-corrected chi connectivity index (χ4v) is 5.13. The van der Waals surface area contributed by atoms with E-state index in [4.69, 9.17) is 0 Å².